The van der Waals surface area contributed by atoms with Crippen LogP contribution in [0.15, 0.2) is 30.3 Å². The van der Waals surface area contributed by atoms with Gasteiger partial charge in [-0.2, -0.15) is 0 Å². The largest absolute Gasteiger partial charge is 0.500 e. The summed E-state index contributed by atoms with van der Waals surface area (Å²) in [7, 11) is 2.63. The van der Waals surface area contributed by atoms with Crippen LogP contribution in [-0.4, -0.2) is 35.5 Å². The van der Waals surface area contributed by atoms with Crippen molar-refractivity contribution in [2.75, 3.05) is 26.7 Å². The molecule has 1 aromatic carbocycles. The van der Waals surface area contributed by atoms with Gasteiger partial charge in [0.05, 0.1) is 0 Å². The molecule has 1 rings (SSSR count). The van der Waals surface area contributed by atoms with Crippen molar-refractivity contribution in [2.24, 2.45) is 0 Å². The molecule has 1 aromatic rings. The van der Waals surface area contributed by atoms with E-state index in [0.717, 1.165) is 17.8 Å². The number of rotatable bonds is 6. The van der Waals surface area contributed by atoms with Gasteiger partial charge in [-0.1, -0.05) is 51.8 Å². The first-order valence-corrected chi connectivity index (χ1v) is 8.92. The van der Waals surface area contributed by atoms with Crippen LogP contribution in [0.5, 0.6) is 0 Å². The van der Waals surface area contributed by atoms with Gasteiger partial charge in [0, 0.05) is 32.7 Å². The fourth-order valence-electron chi connectivity index (χ4n) is 1.37. The summed E-state index contributed by atoms with van der Waals surface area (Å²) in [4.78, 5) is 0. The standard InChI is InChI=1S/C7H8.C6H15BrO3Si/c1-7-5-3-2-4-6-7;1-8-11(9-2,10-3)6-4-5-7/h2-6H,1H3;4-6H2,1-3H3. The van der Waals surface area contributed by atoms with Gasteiger partial charge in [0.1, 0.15) is 0 Å². The van der Waals surface area contributed by atoms with E-state index in [9.17, 15) is 0 Å². The highest BCUT2D eigenvalue weighted by atomic mass is 79.9. The highest BCUT2D eigenvalue weighted by molar-refractivity contribution is 9.09. The van der Waals surface area contributed by atoms with Gasteiger partial charge in [0.15, 0.2) is 0 Å². The highest BCUT2D eigenvalue weighted by Crippen LogP contribution is 2.15. The van der Waals surface area contributed by atoms with Gasteiger partial charge in [0.2, 0.25) is 0 Å². The van der Waals surface area contributed by atoms with Gasteiger partial charge >= 0.3 is 8.80 Å². The maximum absolute atomic E-state index is 5.21. The number of benzene rings is 1. The normalized spacial score (nSPS) is 10.7. The summed E-state index contributed by atoms with van der Waals surface area (Å²) in [6, 6.07) is 11.1. The van der Waals surface area contributed by atoms with Crippen LogP contribution >= 0.6 is 15.9 Å². The molecule has 0 fully saturated rings. The summed E-state index contributed by atoms with van der Waals surface area (Å²) in [5.41, 5.74) is 1.32. The minimum Gasteiger partial charge on any atom is -0.377 e. The zero-order valence-electron chi connectivity index (χ0n) is 11.6. The molecule has 0 radical (unpaired) electrons. The molecule has 0 unspecified atom stereocenters. The molecule has 0 heterocycles. The predicted octanol–water partition coefficient (Wildman–Crippen LogP) is 3.64. The number of aryl methyl sites for hydroxylation is 1. The SMILES string of the molecule is CO[Si](CCCBr)(OC)OC.Cc1ccccc1. The Bertz CT molecular complexity index is 283. The first kappa shape index (κ1) is 17.8. The van der Waals surface area contributed by atoms with E-state index in [0.29, 0.717) is 0 Å². The number of halogens is 1. The van der Waals surface area contributed by atoms with Crippen molar-refractivity contribution in [1.82, 2.24) is 0 Å². The van der Waals surface area contributed by atoms with E-state index in [2.05, 4.69) is 35.0 Å². The first-order chi connectivity index (χ1) is 8.64. The average Bonchev–Trinajstić information content (AvgIpc) is 2.43. The third kappa shape index (κ3) is 7.28. The molecule has 0 amide bonds. The molecule has 0 spiro atoms. The highest BCUT2D eigenvalue weighted by Gasteiger charge is 2.36. The Hall–Kier alpha value is -0.203. The lowest BCUT2D eigenvalue weighted by Crippen LogP contribution is -2.42. The Labute approximate surface area is 120 Å². The van der Waals surface area contributed by atoms with Crippen LogP contribution in [0.2, 0.25) is 6.04 Å². The Morgan fingerprint density at radius 3 is 1.78 bits per heavy atom. The van der Waals surface area contributed by atoms with Crippen molar-refractivity contribution in [3.05, 3.63) is 35.9 Å². The summed E-state index contributed by atoms with van der Waals surface area (Å²) in [6.07, 6.45) is 1.02. The molecule has 3 nitrogen and oxygen atoms in total. The van der Waals surface area contributed by atoms with E-state index in [4.69, 9.17) is 13.3 Å². The summed E-state index contributed by atoms with van der Waals surface area (Å²) in [5, 5.41) is 0.956. The zero-order chi connectivity index (χ0) is 13.9. The van der Waals surface area contributed by atoms with E-state index in [1.54, 1.807) is 21.3 Å². The van der Waals surface area contributed by atoms with Crippen molar-refractivity contribution in [2.45, 2.75) is 19.4 Å². The maximum Gasteiger partial charge on any atom is 0.500 e. The molecule has 0 bridgehead atoms. The molecule has 0 N–H and O–H groups in total. The third-order valence-corrected chi connectivity index (χ3v) is 5.88. The van der Waals surface area contributed by atoms with Crippen LogP contribution in [0.25, 0.3) is 0 Å². The minimum absolute atomic E-state index is 0.863. The molecule has 104 valence electrons. The summed E-state index contributed by atoms with van der Waals surface area (Å²) >= 11 is 3.35. The topological polar surface area (TPSA) is 27.7 Å². The maximum atomic E-state index is 5.21. The van der Waals surface area contributed by atoms with Gasteiger partial charge in [0.25, 0.3) is 0 Å². The minimum atomic E-state index is -2.27. The summed E-state index contributed by atoms with van der Waals surface area (Å²) < 4.78 is 15.6. The molecule has 0 aromatic heterocycles. The number of hydrogen-bond donors (Lipinski definition) is 0. The van der Waals surface area contributed by atoms with Crippen LogP contribution in [0.3, 0.4) is 0 Å². The van der Waals surface area contributed by atoms with Crippen molar-refractivity contribution in [3.63, 3.8) is 0 Å². The van der Waals surface area contributed by atoms with Crippen molar-refractivity contribution < 1.29 is 13.3 Å². The Balaban J connectivity index is 0.000000351. The van der Waals surface area contributed by atoms with Crippen LogP contribution < -0.4 is 0 Å². The van der Waals surface area contributed by atoms with Gasteiger partial charge in [-0.05, 0) is 13.3 Å². The lowest BCUT2D eigenvalue weighted by Gasteiger charge is -2.23. The fraction of sp³-hybridized carbons (Fsp3) is 0.538. The average molecular weight is 335 g/mol. The van der Waals surface area contributed by atoms with Crippen LogP contribution in [-0.2, 0) is 13.3 Å². The second-order valence-electron chi connectivity index (χ2n) is 3.74. The second kappa shape index (κ2) is 10.7. The Morgan fingerprint density at radius 1 is 1.00 bits per heavy atom. The molecule has 0 aliphatic carbocycles. The molecule has 18 heavy (non-hydrogen) atoms. The first-order valence-electron chi connectivity index (χ1n) is 5.87. The molecular formula is C13H23BrO3Si. The monoisotopic (exact) mass is 334 g/mol. The fourth-order valence-corrected chi connectivity index (χ4v) is 3.89. The smallest absolute Gasteiger partial charge is 0.377 e. The van der Waals surface area contributed by atoms with Crippen LogP contribution in [0.4, 0.5) is 0 Å². The molecule has 0 aliphatic rings. The van der Waals surface area contributed by atoms with E-state index >= 15 is 0 Å². The van der Waals surface area contributed by atoms with Crippen molar-refractivity contribution in [1.29, 1.82) is 0 Å². The number of alkyl halides is 1. The quantitative estimate of drug-likeness (QED) is 0.587. The molecule has 5 heteroatoms. The lowest BCUT2D eigenvalue weighted by atomic mass is 10.2. The molecule has 0 aliphatic heterocycles. The summed E-state index contributed by atoms with van der Waals surface area (Å²) in [6.45, 7) is 2.08. The molecule has 0 saturated carbocycles. The van der Waals surface area contributed by atoms with Gasteiger partial charge in [-0.3, -0.25) is 0 Å². The van der Waals surface area contributed by atoms with E-state index in [-0.39, 0.29) is 0 Å². The van der Waals surface area contributed by atoms with Gasteiger partial charge < -0.3 is 13.3 Å². The second-order valence-corrected chi connectivity index (χ2v) is 7.63. The lowest BCUT2D eigenvalue weighted by molar-refractivity contribution is 0.123. The van der Waals surface area contributed by atoms with E-state index in [1.807, 2.05) is 18.2 Å². The van der Waals surface area contributed by atoms with Gasteiger partial charge in [-0.25, -0.2) is 0 Å². The van der Waals surface area contributed by atoms with Crippen LogP contribution in [0.1, 0.15) is 12.0 Å². The summed E-state index contributed by atoms with van der Waals surface area (Å²) in [5.74, 6) is 0. The van der Waals surface area contributed by atoms with E-state index in [1.165, 1.54) is 5.56 Å². The molecule has 0 atom stereocenters. The predicted molar refractivity (Wildman–Crippen MR) is 81.2 cm³/mol. The van der Waals surface area contributed by atoms with E-state index < -0.39 is 8.80 Å². The van der Waals surface area contributed by atoms with Crippen LogP contribution in [0, 0.1) is 6.92 Å². The molecular weight excluding hydrogens is 312 g/mol. The van der Waals surface area contributed by atoms with Crippen molar-refractivity contribution >= 4 is 24.7 Å². The van der Waals surface area contributed by atoms with Crippen molar-refractivity contribution in [3.8, 4) is 0 Å². The third-order valence-electron chi connectivity index (χ3n) is 2.49. The molecule has 0 saturated heterocycles. The van der Waals surface area contributed by atoms with Gasteiger partial charge in [-0.15, -0.1) is 0 Å². The Kier molecular flexibility index (Phi) is 10.6. The number of hydrogen-bond acceptors (Lipinski definition) is 3. The Morgan fingerprint density at radius 2 is 1.50 bits per heavy atom. The zero-order valence-corrected chi connectivity index (χ0v) is 14.2.